The van der Waals surface area contributed by atoms with Crippen molar-refractivity contribution in [3.8, 4) is 5.75 Å². The SMILES string of the molecule is C=CC(=O)Nc1cc(Nc2ncc(F)c(Nc3ccccc3NS(=O)(=O)c3ccc(C)cc3)n2)c(OC)cc1N(C)CCN(C)C. The third-order valence-electron chi connectivity index (χ3n) is 6.80. The van der Waals surface area contributed by atoms with Crippen LogP contribution in [-0.2, 0) is 14.8 Å². The number of rotatable bonds is 14. The summed E-state index contributed by atoms with van der Waals surface area (Å²) in [6, 6.07) is 16.3. The number of anilines is 7. The smallest absolute Gasteiger partial charge is 0.261 e. The molecule has 242 valence electrons. The highest BCUT2D eigenvalue weighted by Crippen LogP contribution is 2.38. The van der Waals surface area contributed by atoms with E-state index in [0.717, 1.165) is 18.3 Å². The standard InChI is InChI=1S/C32H37FN8O4S/c1-7-30(42)35-26-18-27(29(45-6)19-28(26)41(5)17-16-40(3)4)37-32-34-20-23(33)31(38-32)36-24-10-8-9-11-25(24)39-46(43,44)22-14-12-21(2)13-15-22/h7-15,18-20,39H,1,16-17H2,2-6H3,(H,35,42)(H2,34,36,37,38). The average Bonchev–Trinajstić information content (AvgIpc) is 3.02. The van der Waals surface area contributed by atoms with Gasteiger partial charge in [-0.2, -0.15) is 4.98 Å². The molecule has 0 aliphatic rings. The minimum absolute atomic E-state index is 0.00891. The number of carbonyl (C=O) groups excluding carboxylic acids is 1. The quantitative estimate of drug-likeness (QED) is 0.132. The van der Waals surface area contributed by atoms with Gasteiger partial charge in [0.25, 0.3) is 10.0 Å². The van der Waals surface area contributed by atoms with E-state index in [-0.39, 0.29) is 28.0 Å². The molecule has 0 aliphatic heterocycles. The molecule has 4 rings (SSSR count). The maximum atomic E-state index is 15.0. The molecule has 1 aromatic heterocycles. The fourth-order valence-electron chi connectivity index (χ4n) is 4.27. The Bertz CT molecular complexity index is 1820. The molecule has 0 saturated carbocycles. The second kappa shape index (κ2) is 14.7. The van der Waals surface area contributed by atoms with Gasteiger partial charge in [-0.25, -0.2) is 17.8 Å². The third-order valence-corrected chi connectivity index (χ3v) is 8.18. The number of nitrogens with one attached hydrogen (secondary N) is 4. The Kier molecular flexibility index (Phi) is 10.8. The molecule has 0 radical (unpaired) electrons. The Morgan fingerprint density at radius 1 is 0.978 bits per heavy atom. The number of hydrogen-bond donors (Lipinski definition) is 4. The van der Waals surface area contributed by atoms with Gasteiger partial charge in [-0.05, 0) is 57.4 Å². The number of likely N-dealkylation sites (N-methyl/N-ethyl adjacent to an activating group) is 2. The molecule has 0 saturated heterocycles. The monoisotopic (exact) mass is 648 g/mol. The van der Waals surface area contributed by atoms with Crippen LogP contribution < -0.4 is 30.3 Å². The molecular weight excluding hydrogens is 611 g/mol. The molecule has 14 heteroatoms. The summed E-state index contributed by atoms with van der Waals surface area (Å²) >= 11 is 0. The van der Waals surface area contributed by atoms with Gasteiger partial charge in [-0.3, -0.25) is 9.52 Å². The van der Waals surface area contributed by atoms with Crippen LogP contribution in [0.25, 0.3) is 0 Å². The van der Waals surface area contributed by atoms with E-state index in [2.05, 4.69) is 37.2 Å². The average molecular weight is 649 g/mol. The molecule has 3 aromatic carbocycles. The second-order valence-electron chi connectivity index (χ2n) is 10.6. The Morgan fingerprint density at radius 3 is 2.33 bits per heavy atom. The van der Waals surface area contributed by atoms with Gasteiger partial charge in [0, 0.05) is 26.2 Å². The van der Waals surface area contributed by atoms with Gasteiger partial charge in [0.1, 0.15) is 5.75 Å². The number of benzene rings is 3. The predicted molar refractivity (Wildman–Crippen MR) is 181 cm³/mol. The minimum atomic E-state index is -3.93. The summed E-state index contributed by atoms with van der Waals surface area (Å²) in [7, 11) is 3.40. The molecule has 4 aromatic rings. The molecular formula is C32H37FN8O4S. The van der Waals surface area contributed by atoms with Gasteiger partial charge in [-0.1, -0.05) is 36.4 Å². The van der Waals surface area contributed by atoms with E-state index >= 15 is 0 Å². The van der Waals surface area contributed by atoms with E-state index in [1.54, 1.807) is 48.5 Å². The first-order chi connectivity index (χ1) is 21.9. The van der Waals surface area contributed by atoms with Crippen molar-refractivity contribution in [2.75, 3.05) is 66.9 Å². The zero-order valence-corrected chi connectivity index (χ0v) is 27.1. The molecule has 1 amide bonds. The van der Waals surface area contributed by atoms with Crippen LogP contribution in [0.1, 0.15) is 5.56 Å². The number of aryl methyl sites for hydroxylation is 1. The van der Waals surface area contributed by atoms with Gasteiger partial charge in [-0.15, -0.1) is 0 Å². The number of hydrogen-bond acceptors (Lipinski definition) is 10. The summed E-state index contributed by atoms with van der Waals surface area (Å²) in [6.45, 7) is 6.83. The molecule has 12 nitrogen and oxygen atoms in total. The maximum Gasteiger partial charge on any atom is 0.261 e. The lowest BCUT2D eigenvalue weighted by Crippen LogP contribution is -2.29. The van der Waals surface area contributed by atoms with E-state index in [9.17, 15) is 17.6 Å². The van der Waals surface area contributed by atoms with Gasteiger partial charge >= 0.3 is 0 Å². The number of nitrogens with zero attached hydrogens (tertiary/aromatic N) is 4. The highest BCUT2D eigenvalue weighted by molar-refractivity contribution is 7.92. The van der Waals surface area contributed by atoms with Crippen LogP contribution >= 0.6 is 0 Å². The largest absolute Gasteiger partial charge is 0.494 e. The first-order valence-corrected chi connectivity index (χ1v) is 15.6. The molecule has 0 atom stereocenters. The highest BCUT2D eigenvalue weighted by Gasteiger charge is 2.19. The van der Waals surface area contributed by atoms with Crippen molar-refractivity contribution in [1.82, 2.24) is 14.9 Å². The molecule has 0 fully saturated rings. The highest BCUT2D eigenvalue weighted by atomic mass is 32.2. The Hall–Kier alpha value is -5.21. The molecule has 46 heavy (non-hydrogen) atoms. The van der Waals surface area contributed by atoms with E-state index in [0.29, 0.717) is 29.4 Å². The van der Waals surface area contributed by atoms with Gasteiger partial charge in [0.15, 0.2) is 11.6 Å². The third kappa shape index (κ3) is 8.49. The van der Waals surface area contributed by atoms with Crippen molar-refractivity contribution in [3.63, 3.8) is 0 Å². The fraction of sp³-hybridized carbons (Fsp3) is 0.219. The zero-order valence-electron chi connectivity index (χ0n) is 26.3. The van der Waals surface area contributed by atoms with E-state index < -0.39 is 21.7 Å². The van der Waals surface area contributed by atoms with E-state index in [1.165, 1.54) is 25.3 Å². The van der Waals surface area contributed by atoms with Crippen LogP contribution in [0.2, 0.25) is 0 Å². The Labute approximate surface area is 268 Å². The summed E-state index contributed by atoms with van der Waals surface area (Å²) in [6.07, 6.45) is 2.15. The van der Waals surface area contributed by atoms with Crippen LogP contribution in [0.3, 0.4) is 0 Å². The Morgan fingerprint density at radius 2 is 1.67 bits per heavy atom. The van der Waals surface area contributed by atoms with Crippen molar-refractivity contribution in [2.45, 2.75) is 11.8 Å². The molecule has 0 unspecified atom stereocenters. The summed E-state index contributed by atoms with van der Waals surface area (Å²) in [5.41, 5.74) is 2.95. The van der Waals surface area contributed by atoms with Crippen molar-refractivity contribution >= 4 is 56.1 Å². The summed E-state index contributed by atoms with van der Waals surface area (Å²) < 4.78 is 49.3. The van der Waals surface area contributed by atoms with Gasteiger partial charge in [0.05, 0.1) is 46.6 Å². The number of aromatic nitrogens is 2. The summed E-state index contributed by atoms with van der Waals surface area (Å²) in [4.78, 5) is 24.8. The van der Waals surface area contributed by atoms with Crippen molar-refractivity contribution in [3.05, 3.63) is 90.9 Å². The molecule has 4 N–H and O–H groups in total. The predicted octanol–water partition coefficient (Wildman–Crippen LogP) is 5.34. The van der Waals surface area contributed by atoms with Crippen LogP contribution in [0, 0.1) is 12.7 Å². The van der Waals surface area contributed by atoms with Gasteiger partial charge in [0.2, 0.25) is 11.9 Å². The zero-order chi connectivity index (χ0) is 33.4. The molecule has 1 heterocycles. The molecule has 0 bridgehead atoms. The number of carbonyl (C=O) groups is 1. The van der Waals surface area contributed by atoms with Crippen LogP contribution in [0.4, 0.5) is 44.6 Å². The summed E-state index contributed by atoms with van der Waals surface area (Å²) in [5, 5.41) is 8.72. The number of ether oxygens (including phenoxy) is 1. The van der Waals surface area contributed by atoms with E-state index in [1.807, 2.05) is 37.9 Å². The maximum absolute atomic E-state index is 15.0. The summed E-state index contributed by atoms with van der Waals surface area (Å²) in [5.74, 6) is -0.958. The van der Waals surface area contributed by atoms with Crippen LogP contribution in [0.15, 0.2) is 84.4 Å². The fourth-order valence-corrected chi connectivity index (χ4v) is 5.35. The van der Waals surface area contributed by atoms with E-state index in [4.69, 9.17) is 4.74 Å². The number of amides is 1. The first-order valence-electron chi connectivity index (χ1n) is 14.2. The number of para-hydroxylation sites is 2. The molecule has 0 aliphatic carbocycles. The Balaban J connectivity index is 1.64. The normalized spacial score (nSPS) is 11.1. The topological polar surface area (TPSA) is 141 Å². The lowest BCUT2D eigenvalue weighted by Gasteiger charge is -2.26. The van der Waals surface area contributed by atoms with Crippen molar-refractivity contribution in [2.24, 2.45) is 0 Å². The number of methoxy groups -OCH3 is 1. The molecule has 0 spiro atoms. The number of halogens is 1. The lowest BCUT2D eigenvalue weighted by atomic mass is 10.2. The van der Waals surface area contributed by atoms with Crippen LogP contribution in [-0.4, -0.2) is 70.5 Å². The van der Waals surface area contributed by atoms with Gasteiger partial charge < -0.3 is 30.5 Å². The van der Waals surface area contributed by atoms with Crippen molar-refractivity contribution in [1.29, 1.82) is 0 Å². The minimum Gasteiger partial charge on any atom is -0.494 e. The first kappa shape index (κ1) is 33.7. The number of sulfonamides is 1. The second-order valence-corrected chi connectivity index (χ2v) is 12.3. The van der Waals surface area contributed by atoms with Crippen molar-refractivity contribution < 1.29 is 22.3 Å². The van der Waals surface area contributed by atoms with Crippen LogP contribution in [0.5, 0.6) is 5.75 Å². The lowest BCUT2D eigenvalue weighted by molar-refractivity contribution is -0.111.